The molecular formula is C28H34N8O7S2. The highest BCUT2D eigenvalue weighted by atomic mass is 32.1. The molecule has 2 fully saturated rings. The number of aromatic carboxylic acids is 1. The van der Waals surface area contributed by atoms with Crippen molar-refractivity contribution < 1.29 is 33.8 Å². The lowest BCUT2D eigenvalue weighted by molar-refractivity contribution is 0.0304. The van der Waals surface area contributed by atoms with Gasteiger partial charge < -0.3 is 47.7 Å². The van der Waals surface area contributed by atoms with Crippen LogP contribution in [0.25, 0.3) is 20.4 Å². The summed E-state index contributed by atoms with van der Waals surface area (Å²) in [6, 6.07) is 3.12. The molecule has 0 saturated carbocycles. The maximum atomic E-state index is 12.8. The Labute approximate surface area is 265 Å². The summed E-state index contributed by atoms with van der Waals surface area (Å²) >= 11 is 2.12. The molecule has 17 heteroatoms. The smallest absolute Gasteiger partial charge is 0.336 e. The van der Waals surface area contributed by atoms with E-state index in [1.54, 1.807) is 24.8 Å². The Morgan fingerprint density at radius 2 is 1.24 bits per heavy atom. The number of fused-ring (bicyclic) bond motifs is 2. The number of thiophene rings is 2. The van der Waals surface area contributed by atoms with Gasteiger partial charge >= 0.3 is 5.97 Å². The first-order chi connectivity index (χ1) is 21.4. The minimum atomic E-state index is -1.11. The van der Waals surface area contributed by atoms with E-state index in [4.69, 9.17) is 37.5 Å². The van der Waals surface area contributed by atoms with Crippen molar-refractivity contribution in [3.8, 4) is 0 Å². The number of morpholine rings is 2. The van der Waals surface area contributed by atoms with E-state index in [0.717, 1.165) is 49.0 Å². The number of carbonyl (C=O) groups is 4. The van der Waals surface area contributed by atoms with Crippen molar-refractivity contribution in [1.29, 1.82) is 0 Å². The maximum absolute atomic E-state index is 12.8. The number of pyridine rings is 2. The van der Waals surface area contributed by atoms with Crippen LogP contribution in [0.2, 0.25) is 0 Å². The van der Waals surface area contributed by atoms with Crippen LogP contribution in [0.4, 0.5) is 11.4 Å². The van der Waals surface area contributed by atoms with Gasteiger partial charge in [0.25, 0.3) is 17.7 Å². The number of nitrogens with zero attached hydrogens (tertiary/aromatic N) is 3. The van der Waals surface area contributed by atoms with Gasteiger partial charge in [-0.2, -0.15) is 0 Å². The van der Waals surface area contributed by atoms with Crippen LogP contribution in [0.5, 0.6) is 0 Å². The fraction of sp³-hybridized carbons (Fsp3) is 0.357. The molecule has 6 heterocycles. The molecule has 3 amide bonds. The van der Waals surface area contributed by atoms with E-state index in [2.05, 4.69) is 15.3 Å². The number of aryl methyl sites for hydroxylation is 2. The number of primary amides is 2. The van der Waals surface area contributed by atoms with Crippen molar-refractivity contribution in [2.45, 2.75) is 13.8 Å². The molecule has 0 atom stereocenters. The first-order valence-corrected chi connectivity index (χ1v) is 15.4. The zero-order valence-electron chi connectivity index (χ0n) is 24.7. The third kappa shape index (κ3) is 7.63. The standard InChI is InChI=1S/C14H16N4O3S.C10H9N3O3S.C4H9NO/c1-7-6-8(14(20)18-2-4-21-5-3-18)9-10(15)11(12(16)19)22-13(9)17-7;1-3-2-4(10(15)16)5-6(11)7(8(12)14)17-9(5)13-3;1-3-6-4-2-5-1/h6H,2-5,15H2,1H3,(H2,16,19);2H,11H2,1H3,(H2,12,14)(H,15,16);5H,1-4H2. The highest BCUT2D eigenvalue weighted by Crippen LogP contribution is 2.36. The largest absolute Gasteiger partial charge is 0.478 e. The van der Waals surface area contributed by atoms with Crippen LogP contribution in [0.15, 0.2) is 12.1 Å². The van der Waals surface area contributed by atoms with Gasteiger partial charge in [0.1, 0.15) is 19.4 Å². The average molecular weight is 659 g/mol. The van der Waals surface area contributed by atoms with Crippen LogP contribution in [0.1, 0.15) is 51.4 Å². The SMILES string of the molecule is C1COCCN1.Cc1cc(C(=O)N2CCOCC2)c2c(N)c(C(N)=O)sc2n1.Cc1cc(C(=O)O)c2c(N)c(C(N)=O)sc2n1. The number of hydrogen-bond donors (Lipinski definition) is 6. The molecule has 4 aromatic heterocycles. The average Bonchev–Trinajstić information content (AvgIpc) is 3.54. The van der Waals surface area contributed by atoms with Crippen molar-refractivity contribution in [2.24, 2.45) is 11.5 Å². The van der Waals surface area contributed by atoms with Gasteiger partial charge in [0.2, 0.25) is 0 Å². The Kier molecular flexibility index (Phi) is 10.8. The number of hydrogen-bond acceptors (Lipinski definition) is 13. The molecule has 0 spiro atoms. The summed E-state index contributed by atoms with van der Waals surface area (Å²) in [6.07, 6.45) is 0. The van der Waals surface area contributed by atoms with Crippen molar-refractivity contribution >= 4 is 78.2 Å². The first-order valence-electron chi connectivity index (χ1n) is 13.8. The van der Waals surface area contributed by atoms with Crippen LogP contribution in [0, 0.1) is 13.8 Å². The van der Waals surface area contributed by atoms with Crippen LogP contribution in [-0.2, 0) is 9.47 Å². The lowest BCUT2D eigenvalue weighted by atomic mass is 10.1. The molecule has 45 heavy (non-hydrogen) atoms. The van der Waals surface area contributed by atoms with Crippen molar-refractivity contribution in [3.63, 3.8) is 0 Å². The van der Waals surface area contributed by atoms with E-state index in [1.165, 1.54) is 6.07 Å². The van der Waals surface area contributed by atoms with Crippen LogP contribution < -0.4 is 28.3 Å². The number of carboxylic acid groups (broad SMARTS) is 1. The van der Waals surface area contributed by atoms with Gasteiger partial charge in [-0.25, -0.2) is 14.8 Å². The molecule has 0 radical (unpaired) electrons. The summed E-state index contributed by atoms with van der Waals surface area (Å²) in [5.41, 5.74) is 24.3. The monoisotopic (exact) mass is 658 g/mol. The quantitative estimate of drug-likeness (QED) is 0.182. The number of anilines is 2. The summed E-state index contributed by atoms with van der Waals surface area (Å²) in [5.74, 6) is -2.53. The van der Waals surface area contributed by atoms with Gasteiger partial charge in [0.05, 0.1) is 48.9 Å². The van der Waals surface area contributed by atoms with E-state index in [-0.39, 0.29) is 38.0 Å². The van der Waals surface area contributed by atoms with E-state index < -0.39 is 17.8 Å². The summed E-state index contributed by atoms with van der Waals surface area (Å²) in [7, 11) is 0. The van der Waals surface area contributed by atoms with E-state index >= 15 is 0 Å². The van der Waals surface area contributed by atoms with Crippen LogP contribution in [0.3, 0.4) is 0 Å². The molecule has 4 aromatic rings. The lowest BCUT2D eigenvalue weighted by Crippen LogP contribution is -2.40. The Morgan fingerprint density at radius 1 is 0.800 bits per heavy atom. The fourth-order valence-electron chi connectivity index (χ4n) is 4.64. The summed E-state index contributed by atoms with van der Waals surface area (Å²) in [5, 5.41) is 13.0. The van der Waals surface area contributed by atoms with E-state index in [0.29, 0.717) is 58.3 Å². The molecule has 10 N–H and O–H groups in total. The second kappa shape index (κ2) is 14.6. The number of nitrogens with one attached hydrogen (secondary N) is 1. The van der Waals surface area contributed by atoms with Gasteiger partial charge in [-0.05, 0) is 26.0 Å². The zero-order valence-corrected chi connectivity index (χ0v) is 26.3. The minimum absolute atomic E-state index is 0.0359. The molecule has 2 aliphatic rings. The molecule has 0 aromatic carbocycles. The molecule has 2 aliphatic heterocycles. The fourth-order valence-corrected chi connectivity index (χ4v) is 6.68. The Bertz CT molecular complexity index is 1750. The molecule has 2 saturated heterocycles. The first kappa shape index (κ1) is 33.5. The molecular weight excluding hydrogens is 624 g/mol. The van der Waals surface area contributed by atoms with E-state index in [1.807, 2.05) is 0 Å². The second-order valence-corrected chi connectivity index (χ2v) is 12.0. The van der Waals surface area contributed by atoms with Crippen LogP contribution >= 0.6 is 22.7 Å². The van der Waals surface area contributed by atoms with Gasteiger partial charge in [0, 0.05) is 48.3 Å². The number of carboxylic acids is 1. The molecule has 15 nitrogen and oxygen atoms in total. The minimum Gasteiger partial charge on any atom is -0.478 e. The van der Waals surface area contributed by atoms with Gasteiger partial charge in [-0.1, -0.05) is 0 Å². The predicted octanol–water partition coefficient (Wildman–Crippen LogP) is 1.35. The van der Waals surface area contributed by atoms with Crippen molar-refractivity contribution in [3.05, 3.63) is 44.4 Å². The Balaban J connectivity index is 0.000000177. The number of rotatable bonds is 4. The van der Waals surface area contributed by atoms with Gasteiger partial charge in [0.15, 0.2) is 0 Å². The number of ether oxygens (including phenoxy) is 2. The topological polar surface area (TPSA) is 252 Å². The lowest BCUT2D eigenvalue weighted by Gasteiger charge is -2.27. The summed E-state index contributed by atoms with van der Waals surface area (Å²) in [6.45, 7) is 9.42. The number of amides is 3. The summed E-state index contributed by atoms with van der Waals surface area (Å²) < 4.78 is 10.3. The summed E-state index contributed by atoms with van der Waals surface area (Å²) in [4.78, 5) is 58.1. The Morgan fingerprint density at radius 3 is 1.64 bits per heavy atom. The highest BCUT2D eigenvalue weighted by molar-refractivity contribution is 7.21. The van der Waals surface area contributed by atoms with Crippen molar-refractivity contribution in [1.82, 2.24) is 20.2 Å². The number of carbonyl (C=O) groups excluding carboxylic acids is 3. The third-order valence-electron chi connectivity index (χ3n) is 6.71. The Hall–Kier alpha value is -4.42. The van der Waals surface area contributed by atoms with Crippen molar-refractivity contribution in [2.75, 3.05) is 64.1 Å². The molecule has 0 aliphatic carbocycles. The predicted molar refractivity (Wildman–Crippen MR) is 172 cm³/mol. The normalized spacial score (nSPS) is 14.7. The third-order valence-corrected chi connectivity index (χ3v) is 8.94. The zero-order chi connectivity index (χ0) is 32.8. The van der Waals surface area contributed by atoms with Crippen LogP contribution in [-0.4, -0.2) is 96.3 Å². The van der Waals surface area contributed by atoms with Gasteiger partial charge in [-0.3, -0.25) is 14.4 Å². The number of aromatic nitrogens is 2. The molecule has 240 valence electrons. The second-order valence-electron chi connectivity index (χ2n) is 9.97. The molecule has 6 rings (SSSR count). The number of nitrogen functional groups attached to an aromatic ring is 2. The van der Waals surface area contributed by atoms with E-state index in [9.17, 15) is 19.2 Å². The molecule has 0 unspecified atom stereocenters. The van der Waals surface area contributed by atoms with Gasteiger partial charge in [-0.15, -0.1) is 22.7 Å². The maximum Gasteiger partial charge on any atom is 0.336 e. The number of nitrogens with two attached hydrogens (primary N) is 4. The molecule has 0 bridgehead atoms. The highest BCUT2D eigenvalue weighted by Gasteiger charge is 2.26.